The molecule has 2 N–H and O–H groups in total. The van der Waals surface area contributed by atoms with Crippen molar-refractivity contribution in [3.05, 3.63) is 35.9 Å². The van der Waals surface area contributed by atoms with Crippen molar-refractivity contribution in [3.63, 3.8) is 0 Å². The molecule has 1 atom stereocenters. The number of ketones is 1. The molecule has 1 amide bonds. The molecule has 80 valence electrons. The normalized spacial score (nSPS) is 12.1. The lowest BCUT2D eigenvalue weighted by Crippen LogP contribution is -2.29. The van der Waals surface area contributed by atoms with Crippen molar-refractivity contribution in [1.82, 2.24) is 0 Å². The van der Waals surface area contributed by atoms with Crippen molar-refractivity contribution < 1.29 is 9.59 Å². The first-order valence-corrected chi connectivity index (χ1v) is 4.95. The molecule has 15 heavy (non-hydrogen) atoms. The first kappa shape index (κ1) is 11.4. The Labute approximate surface area is 89.3 Å². The van der Waals surface area contributed by atoms with Gasteiger partial charge in [-0.3, -0.25) is 9.59 Å². The number of hydrogen-bond acceptors (Lipinski definition) is 2. The van der Waals surface area contributed by atoms with Gasteiger partial charge in [-0.2, -0.15) is 0 Å². The molecule has 3 nitrogen and oxygen atoms in total. The number of carbonyl (C=O) groups excluding carboxylic acids is 2. The van der Waals surface area contributed by atoms with Gasteiger partial charge in [0.1, 0.15) is 5.78 Å². The minimum atomic E-state index is -0.648. The molecule has 0 aliphatic carbocycles. The average molecular weight is 205 g/mol. The van der Waals surface area contributed by atoms with E-state index in [2.05, 4.69) is 0 Å². The standard InChI is InChI=1S/C12H15NO2/c1-9(14)11(12(13)15)8-7-10-5-3-2-4-6-10/h2-6,11H,7-8H2,1H3,(H2,13,15). The number of rotatable bonds is 5. The third kappa shape index (κ3) is 3.54. The van der Waals surface area contributed by atoms with Crippen LogP contribution in [0.4, 0.5) is 0 Å². The molecule has 1 aromatic rings. The predicted octanol–water partition coefficient (Wildman–Crippen LogP) is 1.31. The Bertz CT molecular complexity index is 332. The highest BCUT2D eigenvalue weighted by Crippen LogP contribution is 2.10. The quantitative estimate of drug-likeness (QED) is 0.737. The van der Waals surface area contributed by atoms with Gasteiger partial charge in [-0.1, -0.05) is 30.3 Å². The van der Waals surface area contributed by atoms with Gasteiger partial charge in [0.2, 0.25) is 5.91 Å². The summed E-state index contributed by atoms with van der Waals surface area (Å²) in [4.78, 5) is 22.1. The fourth-order valence-electron chi connectivity index (χ4n) is 1.50. The largest absolute Gasteiger partial charge is 0.369 e. The second-order valence-corrected chi connectivity index (χ2v) is 3.59. The molecule has 0 aliphatic rings. The highest BCUT2D eigenvalue weighted by Gasteiger charge is 2.19. The third-order valence-electron chi connectivity index (χ3n) is 2.40. The second-order valence-electron chi connectivity index (χ2n) is 3.59. The summed E-state index contributed by atoms with van der Waals surface area (Å²) in [6.07, 6.45) is 1.20. The van der Waals surface area contributed by atoms with Crippen molar-refractivity contribution >= 4 is 11.7 Å². The lowest BCUT2D eigenvalue weighted by Gasteiger charge is -2.09. The Morgan fingerprint density at radius 2 is 1.87 bits per heavy atom. The van der Waals surface area contributed by atoms with Crippen LogP contribution in [0.25, 0.3) is 0 Å². The number of primary amides is 1. The molecule has 0 bridgehead atoms. The zero-order valence-corrected chi connectivity index (χ0v) is 8.77. The fraction of sp³-hybridized carbons (Fsp3) is 0.333. The first-order valence-electron chi connectivity index (χ1n) is 4.95. The number of aryl methyl sites for hydroxylation is 1. The van der Waals surface area contributed by atoms with Gasteiger partial charge in [-0.15, -0.1) is 0 Å². The Morgan fingerprint density at radius 1 is 1.27 bits per heavy atom. The highest BCUT2D eigenvalue weighted by molar-refractivity contribution is 5.99. The topological polar surface area (TPSA) is 60.2 Å². The molecule has 0 fully saturated rings. The van der Waals surface area contributed by atoms with E-state index in [-0.39, 0.29) is 5.78 Å². The summed E-state index contributed by atoms with van der Waals surface area (Å²) < 4.78 is 0. The van der Waals surface area contributed by atoms with Crippen LogP contribution in [0.15, 0.2) is 30.3 Å². The smallest absolute Gasteiger partial charge is 0.227 e. The number of Topliss-reactive ketones (excluding diaryl/α,β-unsaturated/α-hetero) is 1. The van der Waals surface area contributed by atoms with Gasteiger partial charge in [0.15, 0.2) is 0 Å². The monoisotopic (exact) mass is 205 g/mol. The van der Waals surface area contributed by atoms with E-state index in [1.807, 2.05) is 30.3 Å². The Balaban J connectivity index is 2.55. The summed E-state index contributed by atoms with van der Waals surface area (Å²) in [5.74, 6) is -1.33. The van der Waals surface area contributed by atoms with Gasteiger partial charge in [-0.25, -0.2) is 0 Å². The molecular weight excluding hydrogens is 190 g/mol. The van der Waals surface area contributed by atoms with E-state index in [0.717, 1.165) is 5.56 Å². The van der Waals surface area contributed by atoms with Crippen LogP contribution in [-0.2, 0) is 16.0 Å². The van der Waals surface area contributed by atoms with E-state index in [9.17, 15) is 9.59 Å². The molecule has 3 heteroatoms. The van der Waals surface area contributed by atoms with Gasteiger partial charge < -0.3 is 5.73 Å². The van der Waals surface area contributed by atoms with E-state index in [4.69, 9.17) is 5.73 Å². The van der Waals surface area contributed by atoms with Gasteiger partial charge >= 0.3 is 0 Å². The van der Waals surface area contributed by atoms with Gasteiger partial charge in [0, 0.05) is 0 Å². The first-order chi connectivity index (χ1) is 7.11. The van der Waals surface area contributed by atoms with Crippen LogP contribution in [0, 0.1) is 5.92 Å². The van der Waals surface area contributed by atoms with Gasteiger partial charge in [0.05, 0.1) is 5.92 Å². The van der Waals surface area contributed by atoms with Crippen molar-refractivity contribution in [2.75, 3.05) is 0 Å². The maximum Gasteiger partial charge on any atom is 0.227 e. The van der Waals surface area contributed by atoms with E-state index in [1.165, 1.54) is 6.92 Å². The van der Waals surface area contributed by atoms with Crippen LogP contribution in [0.5, 0.6) is 0 Å². The molecule has 0 aliphatic heterocycles. The van der Waals surface area contributed by atoms with E-state index < -0.39 is 11.8 Å². The van der Waals surface area contributed by atoms with E-state index in [0.29, 0.717) is 12.8 Å². The zero-order valence-electron chi connectivity index (χ0n) is 8.77. The van der Waals surface area contributed by atoms with Crippen LogP contribution in [0.3, 0.4) is 0 Å². The number of carbonyl (C=O) groups is 2. The molecule has 0 saturated carbocycles. The minimum absolute atomic E-state index is 0.154. The van der Waals surface area contributed by atoms with E-state index in [1.54, 1.807) is 0 Å². The number of amides is 1. The summed E-state index contributed by atoms with van der Waals surface area (Å²) in [6, 6.07) is 9.74. The summed E-state index contributed by atoms with van der Waals surface area (Å²) in [5.41, 5.74) is 6.26. The number of benzene rings is 1. The lowest BCUT2D eigenvalue weighted by atomic mass is 9.96. The predicted molar refractivity (Wildman–Crippen MR) is 58.1 cm³/mol. The highest BCUT2D eigenvalue weighted by atomic mass is 16.2. The minimum Gasteiger partial charge on any atom is -0.369 e. The van der Waals surface area contributed by atoms with Crippen LogP contribution < -0.4 is 5.73 Å². The molecule has 1 aromatic carbocycles. The molecule has 0 saturated heterocycles. The van der Waals surface area contributed by atoms with Crippen molar-refractivity contribution in [2.24, 2.45) is 11.7 Å². The fourth-order valence-corrected chi connectivity index (χ4v) is 1.50. The van der Waals surface area contributed by atoms with Gasteiger partial charge in [0.25, 0.3) is 0 Å². The summed E-state index contributed by atoms with van der Waals surface area (Å²) in [6.45, 7) is 1.40. The SMILES string of the molecule is CC(=O)C(CCc1ccccc1)C(N)=O. The van der Waals surface area contributed by atoms with Crippen molar-refractivity contribution in [2.45, 2.75) is 19.8 Å². The molecule has 0 radical (unpaired) electrons. The Kier molecular flexibility index (Phi) is 4.03. The summed E-state index contributed by atoms with van der Waals surface area (Å²) >= 11 is 0. The van der Waals surface area contributed by atoms with Crippen LogP contribution in [0.1, 0.15) is 18.9 Å². The lowest BCUT2D eigenvalue weighted by molar-refractivity contribution is -0.131. The maximum atomic E-state index is 11.1. The van der Waals surface area contributed by atoms with Crippen LogP contribution >= 0.6 is 0 Å². The second kappa shape index (κ2) is 5.29. The van der Waals surface area contributed by atoms with Crippen LogP contribution in [0.2, 0.25) is 0 Å². The Hall–Kier alpha value is -1.64. The van der Waals surface area contributed by atoms with Crippen LogP contribution in [-0.4, -0.2) is 11.7 Å². The molecule has 0 heterocycles. The zero-order chi connectivity index (χ0) is 11.3. The molecule has 1 rings (SSSR count). The maximum absolute atomic E-state index is 11.1. The molecule has 1 unspecified atom stereocenters. The summed E-state index contributed by atoms with van der Waals surface area (Å²) in [5, 5.41) is 0. The number of hydrogen-bond donors (Lipinski definition) is 1. The Morgan fingerprint density at radius 3 is 2.33 bits per heavy atom. The molecular formula is C12H15NO2. The number of nitrogens with two attached hydrogens (primary N) is 1. The molecule has 0 aromatic heterocycles. The molecule has 0 spiro atoms. The van der Waals surface area contributed by atoms with E-state index >= 15 is 0 Å². The summed E-state index contributed by atoms with van der Waals surface area (Å²) in [7, 11) is 0. The van der Waals surface area contributed by atoms with Gasteiger partial charge in [-0.05, 0) is 25.3 Å². The average Bonchev–Trinajstić information content (AvgIpc) is 2.18. The van der Waals surface area contributed by atoms with Crippen molar-refractivity contribution in [1.29, 1.82) is 0 Å². The van der Waals surface area contributed by atoms with Crippen molar-refractivity contribution in [3.8, 4) is 0 Å². The third-order valence-corrected chi connectivity index (χ3v) is 2.40.